The summed E-state index contributed by atoms with van der Waals surface area (Å²) in [5, 5.41) is 3.14. The summed E-state index contributed by atoms with van der Waals surface area (Å²) in [6.07, 6.45) is 1.87. The van der Waals surface area contributed by atoms with Crippen molar-refractivity contribution < 1.29 is 14.3 Å². The van der Waals surface area contributed by atoms with Gasteiger partial charge in [-0.3, -0.25) is 4.79 Å². The lowest BCUT2D eigenvalue weighted by atomic mass is 9.74. The Morgan fingerprint density at radius 2 is 1.81 bits per heavy atom. The van der Waals surface area contributed by atoms with Gasteiger partial charge in [0.05, 0.1) is 12.9 Å². The highest BCUT2D eigenvalue weighted by Gasteiger charge is 2.34. The van der Waals surface area contributed by atoms with Gasteiger partial charge in [-0.15, -0.1) is 11.8 Å². The van der Waals surface area contributed by atoms with Crippen molar-refractivity contribution in [2.24, 2.45) is 0 Å². The maximum atomic E-state index is 12.4. The summed E-state index contributed by atoms with van der Waals surface area (Å²) >= 11 is 1.54. The van der Waals surface area contributed by atoms with E-state index in [-0.39, 0.29) is 11.3 Å². The summed E-state index contributed by atoms with van der Waals surface area (Å²) in [6.45, 7) is 2.14. The number of hydrogen-bond donors (Lipinski definition) is 1. The number of nitrogens with one attached hydrogen (secondary N) is 1. The predicted molar refractivity (Wildman–Crippen MR) is 105 cm³/mol. The molecule has 0 aromatic heterocycles. The average Bonchev–Trinajstić information content (AvgIpc) is 2.72. The van der Waals surface area contributed by atoms with Crippen molar-refractivity contribution >= 4 is 17.7 Å². The van der Waals surface area contributed by atoms with Gasteiger partial charge >= 0.3 is 0 Å². The fraction of sp³-hybridized carbons (Fsp3) is 0.381. The van der Waals surface area contributed by atoms with Crippen molar-refractivity contribution in [1.82, 2.24) is 5.32 Å². The van der Waals surface area contributed by atoms with E-state index < -0.39 is 0 Å². The lowest BCUT2D eigenvalue weighted by molar-refractivity contribution is -0.119. The summed E-state index contributed by atoms with van der Waals surface area (Å²) < 4.78 is 10.7. The number of methoxy groups -OCH3 is 1. The second-order valence-corrected chi connectivity index (χ2v) is 7.55. The third kappa shape index (κ3) is 4.80. The second-order valence-electron chi connectivity index (χ2n) is 6.50. The molecule has 1 saturated heterocycles. The van der Waals surface area contributed by atoms with Crippen molar-refractivity contribution in [1.29, 1.82) is 0 Å². The SMILES string of the molecule is COc1ccc(SCC(=O)NCC2(c3ccccc3)CCOCC2)cc1. The molecule has 138 valence electrons. The third-order valence-corrected chi connectivity index (χ3v) is 5.90. The Bertz CT molecular complexity index is 697. The Balaban J connectivity index is 1.55. The van der Waals surface area contributed by atoms with Gasteiger partial charge in [0.1, 0.15) is 5.75 Å². The van der Waals surface area contributed by atoms with Gasteiger partial charge in [0, 0.05) is 30.1 Å². The molecule has 26 heavy (non-hydrogen) atoms. The van der Waals surface area contributed by atoms with Crippen LogP contribution in [0.4, 0.5) is 0 Å². The molecule has 1 N–H and O–H groups in total. The topological polar surface area (TPSA) is 47.6 Å². The molecule has 0 atom stereocenters. The molecule has 1 aliphatic heterocycles. The number of ether oxygens (including phenoxy) is 2. The minimum absolute atomic E-state index is 0.0278. The van der Waals surface area contributed by atoms with Crippen LogP contribution in [-0.4, -0.2) is 38.5 Å². The zero-order valence-electron chi connectivity index (χ0n) is 15.1. The van der Waals surface area contributed by atoms with E-state index in [2.05, 4.69) is 29.6 Å². The first-order valence-corrected chi connectivity index (χ1v) is 9.87. The van der Waals surface area contributed by atoms with Crippen LogP contribution in [0, 0.1) is 0 Å². The minimum atomic E-state index is -0.0278. The van der Waals surface area contributed by atoms with E-state index in [9.17, 15) is 4.79 Å². The lowest BCUT2D eigenvalue weighted by Crippen LogP contribution is -2.45. The molecule has 1 fully saturated rings. The summed E-state index contributed by atoms with van der Waals surface area (Å²) in [4.78, 5) is 13.4. The number of benzene rings is 2. The minimum Gasteiger partial charge on any atom is -0.497 e. The predicted octanol–water partition coefficient (Wildman–Crippen LogP) is 3.65. The van der Waals surface area contributed by atoms with E-state index in [4.69, 9.17) is 9.47 Å². The molecule has 2 aromatic rings. The van der Waals surface area contributed by atoms with Crippen molar-refractivity contribution in [3.05, 3.63) is 60.2 Å². The van der Waals surface area contributed by atoms with Crippen LogP contribution in [0.25, 0.3) is 0 Å². The Labute approximate surface area is 159 Å². The number of rotatable bonds is 7. The highest BCUT2D eigenvalue weighted by atomic mass is 32.2. The number of amides is 1. The molecule has 0 bridgehead atoms. The quantitative estimate of drug-likeness (QED) is 0.755. The summed E-state index contributed by atoms with van der Waals surface area (Å²) in [7, 11) is 1.65. The maximum absolute atomic E-state index is 12.4. The van der Waals surface area contributed by atoms with Crippen LogP contribution in [0.3, 0.4) is 0 Å². The molecular weight excluding hydrogens is 346 g/mol. The first-order chi connectivity index (χ1) is 12.7. The first-order valence-electron chi connectivity index (χ1n) is 8.89. The molecule has 0 saturated carbocycles. The van der Waals surface area contributed by atoms with Crippen molar-refractivity contribution in [3.63, 3.8) is 0 Å². The number of carbonyl (C=O) groups excluding carboxylic acids is 1. The van der Waals surface area contributed by atoms with Gasteiger partial charge in [-0.05, 0) is 42.7 Å². The molecule has 1 aliphatic rings. The lowest BCUT2D eigenvalue weighted by Gasteiger charge is -2.38. The highest BCUT2D eigenvalue weighted by Crippen LogP contribution is 2.34. The van der Waals surface area contributed by atoms with Crippen molar-refractivity contribution in [3.8, 4) is 5.75 Å². The van der Waals surface area contributed by atoms with Gasteiger partial charge in [-0.1, -0.05) is 30.3 Å². The molecule has 5 heteroatoms. The highest BCUT2D eigenvalue weighted by molar-refractivity contribution is 8.00. The molecular formula is C21H25NO3S. The zero-order valence-corrected chi connectivity index (χ0v) is 15.9. The van der Waals surface area contributed by atoms with Gasteiger partial charge in [0.2, 0.25) is 5.91 Å². The Morgan fingerprint density at radius 3 is 2.46 bits per heavy atom. The van der Waals surface area contributed by atoms with Gasteiger partial charge in [0.25, 0.3) is 0 Å². The van der Waals surface area contributed by atoms with Crippen LogP contribution < -0.4 is 10.1 Å². The van der Waals surface area contributed by atoms with Crippen LogP contribution in [0.15, 0.2) is 59.5 Å². The van der Waals surface area contributed by atoms with E-state index >= 15 is 0 Å². The summed E-state index contributed by atoms with van der Waals surface area (Å²) in [6, 6.07) is 18.2. The first kappa shape index (κ1) is 18.8. The van der Waals surface area contributed by atoms with Gasteiger partial charge < -0.3 is 14.8 Å². The standard InChI is InChI=1S/C21H25NO3S/c1-24-18-7-9-19(10-8-18)26-15-20(23)22-16-21(11-13-25-14-12-21)17-5-3-2-4-6-17/h2-10H,11-16H2,1H3,(H,22,23). The van der Waals surface area contributed by atoms with Crippen LogP contribution >= 0.6 is 11.8 Å². The maximum Gasteiger partial charge on any atom is 0.230 e. The van der Waals surface area contributed by atoms with Crippen LogP contribution in [-0.2, 0) is 14.9 Å². The zero-order chi connectivity index (χ0) is 18.2. The van der Waals surface area contributed by atoms with Gasteiger partial charge in [0.15, 0.2) is 0 Å². The molecule has 1 amide bonds. The number of hydrogen-bond acceptors (Lipinski definition) is 4. The molecule has 1 heterocycles. The van der Waals surface area contributed by atoms with E-state index in [0.29, 0.717) is 12.3 Å². The molecule has 0 unspecified atom stereocenters. The van der Waals surface area contributed by atoms with E-state index in [1.807, 2.05) is 30.3 Å². The van der Waals surface area contributed by atoms with Gasteiger partial charge in [-0.25, -0.2) is 0 Å². The Morgan fingerprint density at radius 1 is 1.12 bits per heavy atom. The fourth-order valence-corrected chi connectivity index (χ4v) is 3.99. The van der Waals surface area contributed by atoms with Crippen LogP contribution in [0.2, 0.25) is 0 Å². The Kier molecular flexibility index (Phi) is 6.58. The summed E-state index contributed by atoms with van der Waals surface area (Å²) in [5.41, 5.74) is 1.26. The molecule has 0 spiro atoms. The van der Waals surface area contributed by atoms with Crippen LogP contribution in [0.1, 0.15) is 18.4 Å². The molecule has 0 radical (unpaired) electrons. The number of carbonyl (C=O) groups is 1. The van der Waals surface area contributed by atoms with Crippen LogP contribution in [0.5, 0.6) is 5.75 Å². The second kappa shape index (κ2) is 9.10. The van der Waals surface area contributed by atoms with Gasteiger partial charge in [-0.2, -0.15) is 0 Å². The third-order valence-electron chi connectivity index (χ3n) is 4.89. The molecule has 3 rings (SSSR count). The normalized spacial score (nSPS) is 16.0. The molecule has 0 aliphatic carbocycles. The van der Waals surface area contributed by atoms with E-state index in [0.717, 1.165) is 36.7 Å². The van der Waals surface area contributed by atoms with E-state index in [1.54, 1.807) is 7.11 Å². The number of thioether (sulfide) groups is 1. The largest absolute Gasteiger partial charge is 0.497 e. The molecule has 4 nitrogen and oxygen atoms in total. The van der Waals surface area contributed by atoms with Crippen molar-refractivity contribution in [2.75, 3.05) is 32.6 Å². The summed E-state index contributed by atoms with van der Waals surface area (Å²) in [5.74, 6) is 1.30. The van der Waals surface area contributed by atoms with Crippen molar-refractivity contribution in [2.45, 2.75) is 23.2 Å². The monoisotopic (exact) mass is 371 g/mol. The Hall–Kier alpha value is -1.98. The average molecular weight is 372 g/mol. The van der Waals surface area contributed by atoms with E-state index in [1.165, 1.54) is 17.3 Å². The smallest absolute Gasteiger partial charge is 0.230 e. The fourth-order valence-electron chi connectivity index (χ4n) is 3.26. The molecule has 2 aromatic carbocycles.